The number of aromatic nitrogens is 3. The minimum absolute atomic E-state index is 0.00740. The van der Waals surface area contributed by atoms with Crippen LogP contribution in [0.25, 0.3) is 0 Å². The molecular weight excluding hydrogens is 326 g/mol. The van der Waals surface area contributed by atoms with Crippen molar-refractivity contribution in [2.75, 3.05) is 13.1 Å². The van der Waals surface area contributed by atoms with Gasteiger partial charge in [0.25, 0.3) is 10.2 Å². The fraction of sp³-hybridized carbons (Fsp3) is 0.875. The third kappa shape index (κ3) is 3.50. The normalized spacial score (nSPS) is 26.6. The van der Waals surface area contributed by atoms with Gasteiger partial charge >= 0.3 is 0 Å². The van der Waals surface area contributed by atoms with Crippen molar-refractivity contribution >= 4 is 10.2 Å². The molecule has 1 unspecified atom stereocenters. The topological polar surface area (TPSA) is 80.1 Å². The molecular formula is C16H27N5O2S. The molecule has 1 aromatic heterocycles. The van der Waals surface area contributed by atoms with Crippen LogP contribution in [0.4, 0.5) is 0 Å². The molecule has 3 heterocycles. The van der Waals surface area contributed by atoms with Gasteiger partial charge in [-0.05, 0) is 38.5 Å². The summed E-state index contributed by atoms with van der Waals surface area (Å²) in [5.74, 6) is 2.71. The molecule has 24 heavy (non-hydrogen) atoms. The van der Waals surface area contributed by atoms with Gasteiger partial charge < -0.3 is 4.57 Å². The molecule has 0 radical (unpaired) electrons. The first-order valence-corrected chi connectivity index (χ1v) is 10.8. The van der Waals surface area contributed by atoms with Crippen molar-refractivity contribution in [3.05, 3.63) is 11.6 Å². The van der Waals surface area contributed by atoms with Crippen molar-refractivity contribution in [3.8, 4) is 0 Å². The van der Waals surface area contributed by atoms with Crippen molar-refractivity contribution in [2.24, 2.45) is 0 Å². The standard InChI is InChI=1S/C16H27N5O2S/c22-24(23,20-10-3-1-2-4-11-20)19-14-7-8-15-17-18-16(13-5-6-13)21(15)12-9-14/h13-14,19H,1-12H2. The van der Waals surface area contributed by atoms with Crippen molar-refractivity contribution in [3.63, 3.8) is 0 Å². The summed E-state index contributed by atoms with van der Waals surface area (Å²) in [4.78, 5) is 0. The number of nitrogens with one attached hydrogen (secondary N) is 1. The lowest BCUT2D eigenvalue weighted by Crippen LogP contribution is -2.46. The lowest BCUT2D eigenvalue weighted by Gasteiger charge is -2.24. The minimum atomic E-state index is -3.37. The Hall–Kier alpha value is -0.990. The van der Waals surface area contributed by atoms with Gasteiger partial charge in [-0.2, -0.15) is 17.4 Å². The van der Waals surface area contributed by atoms with Crippen LogP contribution in [-0.4, -0.2) is 46.6 Å². The van der Waals surface area contributed by atoms with E-state index in [1.165, 1.54) is 12.8 Å². The summed E-state index contributed by atoms with van der Waals surface area (Å²) in [6.07, 6.45) is 9.04. The lowest BCUT2D eigenvalue weighted by atomic mass is 10.1. The molecule has 0 amide bonds. The van der Waals surface area contributed by atoms with Crippen LogP contribution < -0.4 is 4.72 Å². The molecule has 1 saturated heterocycles. The maximum Gasteiger partial charge on any atom is 0.279 e. The number of hydrogen-bond donors (Lipinski definition) is 1. The van der Waals surface area contributed by atoms with Gasteiger partial charge in [0.2, 0.25) is 0 Å². The predicted molar refractivity (Wildman–Crippen MR) is 90.8 cm³/mol. The Morgan fingerprint density at radius 3 is 2.38 bits per heavy atom. The Morgan fingerprint density at radius 2 is 1.67 bits per heavy atom. The maximum atomic E-state index is 12.7. The highest BCUT2D eigenvalue weighted by Gasteiger charge is 2.32. The highest BCUT2D eigenvalue weighted by molar-refractivity contribution is 7.87. The number of nitrogens with zero attached hydrogens (tertiary/aromatic N) is 4. The third-order valence-corrected chi connectivity index (χ3v) is 7.11. The second-order valence-electron chi connectivity index (χ2n) is 7.36. The van der Waals surface area contributed by atoms with E-state index in [-0.39, 0.29) is 6.04 Å². The van der Waals surface area contributed by atoms with E-state index < -0.39 is 10.2 Å². The lowest BCUT2D eigenvalue weighted by molar-refractivity contribution is 0.399. The van der Waals surface area contributed by atoms with E-state index in [0.29, 0.717) is 19.0 Å². The van der Waals surface area contributed by atoms with Crippen LogP contribution in [0.1, 0.15) is 68.9 Å². The monoisotopic (exact) mass is 353 g/mol. The third-order valence-electron chi connectivity index (χ3n) is 5.44. The average Bonchev–Trinajstić information content (AvgIpc) is 3.37. The molecule has 1 aromatic rings. The summed E-state index contributed by atoms with van der Waals surface area (Å²) in [7, 11) is -3.37. The summed E-state index contributed by atoms with van der Waals surface area (Å²) in [5, 5.41) is 8.69. The Labute approximate surface area is 144 Å². The van der Waals surface area contributed by atoms with Crippen LogP contribution in [0.15, 0.2) is 0 Å². The van der Waals surface area contributed by atoms with Crippen molar-refractivity contribution in [2.45, 2.75) is 76.3 Å². The van der Waals surface area contributed by atoms with Gasteiger partial charge in [0, 0.05) is 38.0 Å². The van der Waals surface area contributed by atoms with E-state index in [2.05, 4.69) is 19.5 Å². The SMILES string of the molecule is O=S(=O)(NC1CCc2nnc(C3CC3)n2CC1)N1CCCCCC1. The van der Waals surface area contributed by atoms with Gasteiger partial charge in [-0.15, -0.1) is 10.2 Å². The number of hydrogen-bond acceptors (Lipinski definition) is 4. The van der Waals surface area contributed by atoms with E-state index in [1.54, 1.807) is 4.31 Å². The van der Waals surface area contributed by atoms with Gasteiger partial charge in [-0.3, -0.25) is 0 Å². The van der Waals surface area contributed by atoms with Gasteiger partial charge in [-0.1, -0.05) is 12.8 Å². The first-order chi connectivity index (χ1) is 11.6. The van der Waals surface area contributed by atoms with E-state index in [0.717, 1.165) is 63.1 Å². The Kier molecular flexibility index (Phi) is 4.62. The Balaban J connectivity index is 1.41. The number of fused-ring (bicyclic) bond motifs is 1. The van der Waals surface area contributed by atoms with Crippen molar-refractivity contribution < 1.29 is 8.42 Å². The molecule has 3 aliphatic rings. The molecule has 1 saturated carbocycles. The molecule has 7 nitrogen and oxygen atoms in total. The summed E-state index contributed by atoms with van der Waals surface area (Å²) in [5.41, 5.74) is 0. The van der Waals surface area contributed by atoms with Gasteiger partial charge in [0.15, 0.2) is 0 Å². The molecule has 2 fully saturated rings. The molecule has 134 valence electrons. The molecule has 1 N–H and O–H groups in total. The predicted octanol–water partition coefficient (Wildman–Crippen LogP) is 1.57. The molecule has 4 rings (SSSR count). The summed E-state index contributed by atoms with van der Waals surface area (Å²) >= 11 is 0. The zero-order valence-electron chi connectivity index (χ0n) is 14.2. The van der Waals surface area contributed by atoms with E-state index in [4.69, 9.17) is 0 Å². The highest BCUT2D eigenvalue weighted by atomic mass is 32.2. The maximum absolute atomic E-state index is 12.7. The summed E-state index contributed by atoms with van der Waals surface area (Å²) in [6, 6.07) is -0.00740. The highest BCUT2D eigenvalue weighted by Crippen LogP contribution is 2.39. The van der Waals surface area contributed by atoms with Crippen LogP contribution in [0, 0.1) is 0 Å². The van der Waals surface area contributed by atoms with E-state index in [9.17, 15) is 8.42 Å². The second-order valence-corrected chi connectivity index (χ2v) is 9.06. The van der Waals surface area contributed by atoms with Gasteiger partial charge in [0.05, 0.1) is 0 Å². The van der Waals surface area contributed by atoms with Gasteiger partial charge in [-0.25, -0.2) is 0 Å². The largest absolute Gasteiger partial charge is 0.315 e. The molecule has 1 atom stereocenters. The van der Waals surface area contributed by atoms with Crippen LogP contribution in [0.3, 0.4) is 0 Å². The molecule has 1 aliphatic carbocycles. The smallest absolute Gasteiger partial charge is 0.279 e. The Bertz CT molecular complexity index is 675. The molecule has 0 aromatic carbocycles. The van der Waals surface area contributed by atoms with Crippen molar-refractivity contribution in [1.82, 2.24) is 23.8 Å². The fourth-order valence-corrected chi connectivity index (χ4v) is 5.38. The second kappa shape index (κ2) is 6.72. The first kappa shape index (κ1) is 16.5. The van der Waals surface area contributed by atoms with Crippen LogP contribution in [0.2, 0.25) is 0 Å². The summed E-state index contributed by atoms with van der Waals surface area (Å²) in [6.45, 7) is 2.13. The fourth-order valence-electron chi connectivity index (χ4n) is 3.84. The quantitative estimate of drug-likeness (QED) is 0.891. The molecule has 0 bridgehead atoms. The average molecular weight is 353 g/mol. The zero-order valence-corrected chi connectivity index (χ0v) is 15.0. The minimum Gasteiger partial charge on any atom is -0.315 e. The van der Waals surface area contributed by atoms with Crippen molar-refractivity contribution in [1.29, 1.82) is 0 Å². The Morgan fingerprint density at radius 1 is 0.917 bits per heavy atom. The van der Waals surface area contributed by atoms with E-state index in [1.807, 2.05) is 0 Å². The van der Waals surface area contributed by atoms with Crippen LogP contribution in [0.5, 0.6) is 0 Å². The molecule has 8 heteroatoms. The number of rotatable bonds is 4. The zero-order chi connectivity index (χ0) is 16.6. The van der Waals surface area contributed by atoms with E-state index >= 15 is 0 Å². The summed E-state index contributed by atoms with van der Waals surface area (Å²) < 4.78 is 32.2. The molecule has 0 spiro atoms. The van der Waals surface area contributed by atoms with Gasteiger partial charge in [0.1, 0.15) is 11.6 Å². The van der Waals surface area contributed by atoms with Crippen LogP contribution in [-0.2, 0) is 23.2 Å². The number of aryl methyl sites for hydroxylation is 1. The van der Waals surface area contributed by atoms with Crippen LogP contribution >= 0.6 is 0 Å². The first-order valence-electron chi connectivity index (χ1n) is 9.33. The molecule has 2 aliphatic heterocycles.